The Morgan fingerprint density at radius 1 is 0.962 bits per heavy atom. The Balaban J connectivity index is 1.57. The van der Waals surface area contributed by atoms with Gasteiger partial charge in [0.25, 0.3) is 0 Å². The number of hydrogen-bond acceptors (Lipinski definition) is 3. The molecule has 2 fully saturated rings. The standard InChI is InChI=1S/C22H26ClNO2/c1-24-18-12-19(14-20(24)21(13-18)25-2)26-22(15-6-4-3-5-7-15)16-8-10-17(23)11-9-16/h3-11,18-22H,12-14H2,1-2H3/t18?,19-,20?,21-,22?/m1/s1. The molecule has 0 aromatic heterocycles. The minimum absolute atomic E-state index is 0.0673. The number of rotatable bonds is 5. The molecule has 0 radical (unpaired) electrons. The van der Waals surface area contributed by atoms with E-state index in [1.807, 2.05) is 25.3 Å². The van der Waals surface area contributed by atoms with Crippen LogP contribution in [0.1, 0.15) is 36.5 Å². The Hall–Kier alpha value is -1.39. The summed E-state index contributed by atoms with van der Waals surface area (Å²) in [6, 6.07) is 19.5. The molecule has 2 heterocycles. The van der Waals surface area contributed by atoms with Gasteiger partial charge >= 0.3 is 0 Å². The molecule has 0 saturated carbocycles. The monoisotopic (exact) mass is 371 g/mol. The van der Waals surface area contributed by atoms with Crippen LogP contribution >= 0.6 is 11.6 Å². The van der Waals surface area contributed by atoms with E-state index in [0.717, 1.165) is 29.8 Å². The lowest BCUT2D eigenvalue weighted by Crippen LogP contribution is -2.45. The Morgan fingerprint density at radius 2 is 1.65 bits per heavy atom. The molecule has 4 heteroatoms. The molecule has 2 saturated heterocycles. The van der Waals surface area contributed by atoms with E-state index < -0.39 is 0 Å². The maximum absolute atomic E-state index is 6.70. The van der Waals surface area contributed by atoms with Gasteiger partial charge in [-0.3, -0.25) is 4.90 Å². The molecule has 2 aromatic carbocycles. The highest BCUT2D eigenvalue weighted by molar-refractivity contribution is 6.30. The molecule has 2 aliphatic heterocycles. The van der Waals surface area contributed by atoms with Gasteiger partial charge in [-0.25, -0.2) is 0 Å². The summed E-state index contributed by atoms with van der Waals surface area (Å²) >= 11 is 6.09. The quantitative estimate of drug-likeness (QED) is 0.760. The van der Waals surface area contributed by atoms with Crippen molar-refractivity contribution < 1.29 is 9.47 Å². The molecule has 2 aromatic rings. The van der Waals surface area contributed by atoms with Crippen LogP contribution in [-0.4, -0.2) is 43.3 Å². The highest BCUT2D eigenvalue weighted by Gasteiger charge is 2.46. The van der Waals surface area contributed by atoms with Crippen molar-refractivity contribution in [3.8, 4) is 0 Å². The van der Waals surface area contributed by atoms with E-state index >= 15 is 0 Å². The van der Waals surface area contributed by atoms with Gasteiger partial charge < -0.3 is 9.47 Å². The van der Waals surface area contributed by atoms with Crippen LogP contribution in [0.2, 0.25) is 5.02 Å². The second-order valence-corrected chi connectivity index (χ2v) is 7.90. The number of ether oxygens (including phenoxy) is 2. The zero-order chi connectivity index (χ0) is 18.1. The van der Waals surface area contributed by atoms with Gasteiger partial charge in [-0.1, -0.05) is 54.1 Å². The first-order chi connectivity index (χ1) is 12.7. The highest BCUT2D eigenvalue weighted by atomic mass is 35.5. The molecule has 3 nitrogen and oxygen atoms in total. The maximum atomic E-state index is 6.70. The second-order valence-electron chi connectivity index (χ2n) is 7.47. The fourth-order valence-corrected chi connectivity index (χ4v) is 4.67. The van der Waals surface area contributed by atoms with Crippen LogP contribution in [0.3, 0.4) is 0 Å². The predicted octanol–water partition coefficient (Wildman–Crippen LogP) is 4.70. The molecule has 0 spiro atoms. The first-order valence-electron chi connectivity index (χ1n) is 9.36. The van der Waals surface area contributed by atoms with Gasteiger partial charge in [-0.15, -0.1) is 0 Å². The van der Waals surface area contributed by atoms with Crippen molar-refractivity contribution >= 4 is 11.6 Å². The molecule has 2 aliphatic rings. The minimum Gasteiger partial charge on any atom is -0.380 e. The fraction of sp³-hybridized carbons (Fsp3) is 0.455. The number of methoxy groups -OCH3 is 1. The van der Waals surface area contributed by atoms with Gasteiger partial charge in [-0.05, 0) is 49.6 Å². The van der Waals surface area contributed by atoms with Crippen LogP contribution in [0.4, 0.5) is 0 Å². The topological polar surface area (TPSA) is 21.7 Å². The van der Waals surface area contributed by atoms with Crippen LogP contribution in [0.5, 0.6) is 0 Å². The number of piperidine rings is 1. The summed E-state index contributed by atoms with van der Waals surface area (Å²) in [7, 11) is 4.05. The van der Waals surface area contributed by atoms with Gasteiger partial charge in [0.05, 0.1) is 12.2 Å². The molecular weight excluding hydrogens is 346 g/mol. The van der Waals surface area contributed by atoms with Crippen molar-refractivity contribution in [3.05, 3.63) is 70.7 Å². The van der Waals surface area contributed by atoms with E-state index in [0.29, 0.717) is 18.2 Å². The van der Waals surface area contributed by atoms with Crippen LogP contribution in [0.25, 0.3) is 0 Å². The third-order valence-electron chi connectivity index (χ3n) is 5.98. The molecule has 5 atom stereocenters. The maximum Gasteiger partial charge on any atom is 0.108 e. The summed E-state index contributed by atoms with van der Waals surface area (Å²) in [6.45, 7) is 0. The molecule has 0 N–H and O–H groups in total. The zero-order valence-corrected chi connectivity index (χ0v) is 16.1. The van der Waals surface area contributed by atoms with Crippen LogP contribution in [0.15, 0.2) is 54.6 Å². The number of halogens is 1. The molecule has 0 aliphatic carbocycles. The Bertz CT molecular complexity index is 721. The van der Waals surface area contributed by atoms with Crippen molar-refractivity contribution in [2.45, 2.75) is 49.7 Å². The van der Waals surface area contributed by atoms with Gasteiger partial charge in [-0.2, -0.15) is 0 Å². The van der Waals surface area contributed by atoms with E-state index in [-0.39, 0.29) is 12.2 Å². The number of hydrogen-bond donors (Lipinski definition) is 0. The average Bonchev–Trinajstić information content (AvgIpc) is 2.85. The van der Waals surface area contributed by atoms with Crippen molar-refractivity contribution in [3.63, 3.8) is 0 Å². The van der Waals surface area contributed by atoms with Gasteiger partial charge in [0, 0.05) is 24.2 Å². The first kappa shape index (κ1) is 18.0. The third kappa shape index (κ3) is 3.54. The molecule has 26 heavy (non-hydrogen) atoms. The Kier molecular flexibility index (Phi) is 5.32. The Morgan fingerprint density at radius 3 is 2.35 bits per heavy atom. The summed E-state index contributed by atoms with van der Waals surface area (Å²) < 4.78 is 12.4. The van der Waals surface area contributed by atoms with Crippen molar-refractivity contribution in [1.82, 2.24) is 4.90 Å². The minimum atomic E-state index is -0.0673. The number of nitrogens with zero attached hydrogens (tertiary/aromatic N) is 1. The van der Waals surface area contributed by atoms with Crippen LogP contribution in [-0.2, 0) is 9.47 Å². The van der Waals surface area contributed by atoms with E-state index in [2.05, 4.69) is 48.3 Å². The summed E-state index contributed by atoms with van der Waals surface area (Å²) in [4.78, 5) is 2.48. The lowest BCUT2D eigenvalue weighted by atomic mass is 9.97. The number of likely N-dealkylation sites (N-methyl/N-ethyl adjacent to an activating group) is 1. The zero-order valence-electron chi connectivity index (χ0n) is 15.3. The predicted molar refractivity (Wildman–Crippen MR) is 105 cm³/mol. The number of fused-ring (bicyclic) bond motifs is 2. The van der Waals surface area contributed by atoms with Crippen LogP contribution in [0, 0.1) is 0 Å². The van der Waals surface area contributed by atoms with E-state index in [1.54, 1.807) is 0 Å². The Labute approximate surface area is 160 Å². The van der Waals surface area contributed by atoms with Crippen molar-refractivity contribution in [1.29, 1.82) is 0 Å². The normalized spacial score (nSPS) is 29.7. The highest BCUT2D eigenvalue weighted by Crippen LogP contribution is 2.40. The number of benzene rings is 2. The summed E-state index contributed by atoms with van der Waals surface area (Å²) in [5.41, 5.74) is 2.33. The summed E-state index contributed by atoms with van der Waals surface area (Å²) in [5.74, 6) is 0. The van der Waals surface area contributed by atoms with Gasteiger partial charge in [0.1, 0.15) is 6.10 Å². The third-order valence-corrected chi connectivity index (χ3v) is 6.23. The summed E-state index contributed by atoms with van der Waals surface area (Å²) in [5, 5.41) is 0.751. The lowest BCUT2D eigenvalue weighted by molar-refractivity contribution is -0.0523. The summed E-state index contributed by atoms with van der Waals surface area (Å²) in [6.07, 6.45) is 3.68. The second kappa shape index (κ2) is 7.69. The van der Waals surface area contributed by atoms with Crippen molar-refractivity contribution in [2.24, 2.45) is 0 Å². The fourth-order valence-electron chi connectivity index (χ4n) is 4.55. The molecule has 3 unspecified atom stereocenters. The van der Waals surface area contributed by atoms with E-state index in [9.17, 15) is 0 Å². The smallest absolute Gasteiger partial charge is 0.108 e. The van der Waals surface area contributed by atoms with Gasteiger partial charge in [0.15, 0.2) is 0 Å². The first-order valence-corrected chi connectivity index (χ1v) is 9.74. The van der Waals surface area contributed by atoms with Crippen molar-refractivity contribution in [2.75, 3.05) is 14.2 Å². The van der Waals surface area contributed by atoms with Gasteiger partial charge in [0.2, 0.25) is 0 Å². The van der Waals surface area contributed by atoms with E-state index in [1.165, 1.54) is 5.56 Å². The SMILES string of the molecule is CO[C@@H]1CC2C[C@@H](OC(c3ccccc3)c3ccc(Cl)cc3)CC1N2C. The van der Waals surface area contributed by atoms with E-state index in [4.69, 9.17) is 21.1 Å². The van der Waals surface area contributed by atoms with Crippen LogP contribution < -0.4 is 0 Å². The molecule has 2 bridgehead atoms. The largest absolute Gasteiger partial charge is 0.380 e. The molecule has 4 rings (SSSR count). The average molecular weight is 372 g/mol. The molecule has 0 amide bonds. The molecular formula is C22H26ClNO2. The molecule has 138 valence electrons. The lowest BCUT2D eigenvalue weighted by Gasteiger charge is -2.38.